The zero-order valence-electron chi connectivity index (χ0n) is 14.0. The lowest BCUT2D eigenvalue weighted by Crippen LogP contribution is -2.12. The standard InChI is InChI=1S/C20H18FN3O/c1-13-4-3-5-18(14(13)2)23-17-10-11-19(22-12-17)24-20(25)15-6-8-16(21)9-7-15/h3-12,23H,1-2H3,(H,22,24,25). The molecule has 0 saturated heterocycles. The lowest BCUT2D eigenvalue weighted by atomic mass is 10.1. The van der Waals surface area contributed by atoms with E-state index in [-0.39, 0.29) is 11.7 Å². The van der Waals surface area contributed by atoms with Crippen LogP contribution in [0.1, 0.15) is 21.5 Å². The van der Waals surface area contributed by atoms with Crippen LogP contribution in [-0.2, 0) is 0 Å². The summed E-state index contributed by atoms with van der Waals surface area (Å²) < 4.78 is 12.9. The molecule has 0 saturated carbocycles. The second-order valence-corrected chi connectivity index (χ2v) is 5.77. The molecule has 5 heteroatoms. The number of benzene rings is 2. The average Bonchev–Trinajstić information content (AvgIpc) is 2.61. The molecule has 3 rings (SSSR count). The molecule has 0 unspecified atom stereocenters. The first kappa shape index (κ1) is 16.6. The normalized spacial score (nSPS) is 10.4. The largest absolute Gasteiger partial charge is 0.354 e. The van der Waals surface area contributed by atoms with Crippen LogP contribution in [0.4, 0.5) is 21.6 Å². The van der Waals surface area contributed by atoms with E-state index >= 15 is 0 Å². The van der Waals surface area contributed by atoms with Gasteiger partial charge in [-0.3, -0.25) is 4.79 Å². The number of halogens is 1. The van der Waals surface area contributed by atoms with Gasteiger partial charge in [0, 0.05) is 11.3 Å². The number of nitrogens with zero attached hydrogens (tertiary/aromatic N) is 1. The fourth-order valence-electron chi connectivity index (χ4n) is 2.37. The van der Waals surface area contributed by atoms with Gasteiger partial charge in [-0.15, -0.1) is 0 Å². The molecule has 1 heterocycles. The predicted molar refractivity (Wildman–Crippen MR) is 97.8 cm³/mol. The van der Waals surface area contributed by atoms with Crippen molar-refractivity contribution in [3.8, 4) is 0 Å². The van der Waals surface area contributed by atoms with Gasteiger partial charge in [0.15, 0.2) is 0 Å². The van der Waals surface area contributed by atoms with Gasteiger partial charge < -0.3 is 10.6 Å². The maximum absolute atomic E-state index is 12.9. The number of nitrogens with one attached hydrogen (secondary N) is 2. The summed E-state index contributed by atoms with van der Waals surface area (Å²) in [6.07, 6.45) is 1.65. The van der Waals surface area contributed by atoms with Crippen molar-refractivity contribution in [1.82, 2.24) is 4.98 Å². The number of pyridine rings is 1. The molecule has 0 atom stereocenters. The molecule has 1 aromatic heterocycles. The average molecular weight is 335 g/mol. The zero-order valence-corrected chi connectivity index (χ0v) is 14.0. The summed E-state index contributed by atoms with van der Waals surface area (Å²) in [5.41, 5.74) is 4.61. The molecule has 0 aliphatic carbocycles. The van der Waals surface area contributed by atoms with Crippen molar-refractivity contribution in [3.63, 3.8) is 0 Å². The van der Waals surface area contributed by atoms with Crippen molar-refractivity contribution >= 4 is 23.1 Å². The molecule has 0 fully saturated rings. The fourth-order valence-corrected chi connectivity index (χ4v) is 2.37. The van der Waals surface area contributed by atoms with E-state index in [2.05, 4.69) is 35.5 Å². The summed E-state index contributed by atoms with van der Waals surface area (Å²) in [6, 6.07) is 15.0. The minimum absolute atomic E-state index is 0.331. The summed E-state index contributed by atoms with van der Waals surface area (Å²) in [5.74, 6) is -0.278. The van der Waals surface area contributed by atoms with Crippen molar-refractivity contribution in [2.45, 2.75) is 13.8 Å². The summed E-state index contributed by atoms with van der Waals surface area (Å²) >= 11 is 0. The van der Waals surface area contributed by atoms with E-state index in [0.717, 1.165) is 11.4 Å². The van der Waals surface area contributed by atoms with E-state index in [4.69, 9.17) is 0 Å². The van der Waals surface area contributed by atoms with Gasteiger partial charge in [-0.05, 0) is 67.4 Å². The number of amides is 1. The summed E-state index contributed by atoms with van der Waals surface area (Å²) in [5, 5.41) is 6.00. The van der Waals surface area contributed by atoms with Crippen LogP contribution in [0.15, 0.2) is 60.8 Å². The van der Waals surface area contributed by atoms with Gasteiger partial charge in [-0.25, -0.2) is 9.37 Å². The fraction of sp³-hybridized carbons (Fsp3) is 0.100. The third-order valence-electron chi connectivity index (χ3n) is 4.00. The Morgan fingerprint density at radius 2 is 1.76 bits per heavy atom. The molecule has 126 valence electrons. The Hall–Kier alpha value is -3.21. The number of anilines is 3. The van der Waals surface area contributed by atoms with Crippen molar-refractivity contribution in [2.24, 2.45) is 0 Å². The number of hydrogen-bond donors (Lipinski definition) is 2. The van der Waals surface area contributed by atoms with E-state index in [1.165, 1.54) is 35.4 Å². The maximum atomic E-state index is 12.9. The van der Waals surface area contributed by atoms with Crippen LogP contribution in [0.5, 0.6) is 0 Å². The summed E-state index contributed by atoms with van der Waals surface area (Å²) in [4.78, 5) is 16.3. The Morgan fingerprint density at radius 1 is 1.00 bits per heavy atom. The van der Waals surface area contributed by atoms with E-state index in [9.17, 15) is 9.18 Å². The Morgan fingerprint density at radius 3 is 2.44 bits per heavy atom. The minimum atomic E-state index is -0.378. The Bertz CT molecular complexity index is 890. The zero-order chi connectivity index (χ0) is 17.8. The molecular formula is C20H18FN3O. The molecule has 2 N–H and O–H groups in total. The van der Waals surface area contributed by atoms with Crippen LogP contribution >= 0.6 is 0 Å². The van der Waals surface area contributed by atoms with Crippen LogP contribution < -0.4 is 10.6 Å². The van der Waals surface area contributed by atoms with Crippen molar-refractivity contribution in [2.75, 3.05) is 10.6 Å². The van der Waals surface area contributed by atoms with Crippen molar-refractivity contribution in [1.29, 1.82) is 0 Å². The van der Waals surface area contributed by atoms with Crippen molar-refractivity contribution < 1.29 is 9.18 Å². The molecule has 0 aliphatic heterocycles. The number of aromatic nitrogens is 1. The predicted octanol–water partition coefficient (Wildman–Crippen LogP) is 4.83. The molecule has 3 aromatic rings. The number of aryl methyl sites for hydroxylation is 1. The highest BCUT2D eigenvalue weighted by molar-refractivity contribution is 6.03. The molecule has 0 radical (unpaired) electrons. The first-order chi connectivity index (χ1) is 12.0. The van der Waals surface area contributed by atoms with Gasteiger partial charge >= 0.3 is 0 Å². The first-order valence-electron chi connectivity index (χ1n) is 7.89. The van der Waals surface area contributed by atoms with Gasteiger partial charge in [-0.1, -0.05) is 12.1 Å². The number of hydrogen-bond acceptors (Lipinski definition) is 3. The number of rotatable bonds is 4. The summed E-state index contributed by atoms with van der Waals surface area (Å²) in [6.45, 7) is 4.12. The third kappa shape index (κ3) is 4.01. The van der Waals surface area contributed by atoms with Crippen LogP contribution in [0.2, 0.25) is 0 Å². The highest BCUT2D eigenvalue weighted by Crippen LogP contribution is 2.23. The quantitative estimate of drug-likeness (QED) is 0.718. The van der Waals surface area contributed by atoms with E-state index in [1.54, 1.807) is 12.3 Å². The molecule has 0 bridgehead atoms. The molecule has 1 amide bonds. The number of carbonyl (C=O) groups is 1. The maximum Gasteiger partial charge on any atom is 0.256 e. The molecule has 4 nitrogen and oxygen atoms in total. The molecule has 0 aliphatic rings. The number of carbonyl (C=O) groups excluding carboxylic acids is 1. The lowest BCUT2D eigenvalue weighted by molar-refractivity contribution is 0.102. The second-order valence-electron chi connectivity index (χ2n) is 5.77. The Labute approximate surface area is 145 Å². The monoisotopic (exact) mass is 335 g/mol. The van der Waals surface area contributed by atoms with Crippen LogP contribution in [0.25, 0.3) is 0 Å². The SMILES string of the molecule is Cc1cccc(Nc2ccc(NC(=O)c3ccc(F)cc3)nc2)c1C. The first-order valence-corrected chi connectivity index (χ1v) is 7.89. The van der Waals surface area contributed by atoms with Gasteiger partial charge in [0.25, 0.3) is 5.91 Å². The molecule has 2 aromatic carbocycles. The topological polar surface area (TPSA) is 54.0 Å². The highest BCUT2D eigenvalue weighted by atomic mass is 19.1. The van der Waals surface area contributed by atoms with Crippen molar-refractivity contribution in [3.05, 3.63) is 83.3 Å². The molecular weight excluding hydrogens is 317 g/mol. The highest BCUT2D eigenvalue weighted by Gasteiger charge is 2.07. The molecule has 0 spiro atoms. The van der Waals surface area contributed by atoms with E-state index in [1.807, 2.05) is 18.2 Å². The van der Waals surface area contributed by atoms with Gasteiger partial charge in [0.05, 0.1) is 11.9 Å². The smallest absolute Gasteiger partial charge is 0.256 e. The second kappa shape index (κ2) is 7.13. The van der Waals surface area contributed by atoms with E-state index in [0.29, 0.717) is 11.4 Å². The van der Waals surface area contributed by atoms with E-state index < -0.39 is 0 Å². The Kier molecular flexibility index (Phi) is 4.75. The van der Waals surface area contributed by atoms with Gasteiger partial charge in [-0.2, -0.15) is 0 Å². The molecule has 25 heavy (non-hydrogen) atoms. The van der Waals surface area contributed by atoms with Crippen LogP contribution in [0.3, 0.4) is 0 Å². The summed E-state index contributed by atoms with van der Waals surface area (Å²) in [7, 11) is 0. The third-order valence-corrected chi connectivity index (χ3v) is 4.00. The Balaban J connectivity index is 1.69. The minimum Gasteiger partial charge on any atom is -0.354 e. The van der Waals surface area contributed by atoms with Gasteiger partial charge in [0.1, 0.15) is 11.6 Å². The van der Waals surface area contributed by atoms with Gasteiger partial charge in [0.2, 0.25) is 0 Å². The lowest BCUT2D eigenvalue weighted by Gasteiger charge is -2.12. The van der Waals surface area contributed by atoms with Crippen LogP contribution in [-0.4, -0.2) is 10.9 Å². The van der Waals surface area contributed by atoms with Crippen LogP contribution in [0, 0.1) is 19.7 Å².